The zero-order valence-corrected chi connectivity index (χ0v) is 12.7. The summed E-state index contributed by atoms with van der Waals surface area (Å²) in [4.78, 5) is 20.6. The molecule has 1 N–H and O–H groups in total. The molecule has 2 aromatic rings. The number of hydrogen-bond acceptors (Lipinski definition) is 5. The first-order valence-corrected chi connectivity index (χ1v) is 6.47. The van der Waals surface area contributed by atoms with E-state index in [1.165, 1.54) is 19.2 Å². The quantitative estimate of drug-likeness (QED) is 0.879. The van der Waals surface area contributed by atoms with E-state index >= 15 is 0 Å². The maximum Gasteiger partial charge on any atom is 0.153 e. The number of aryl methyl sites for hydroxylation is 1. The van der Waals surface area contributed by atoms with Crippen LogP contribution in [0.3, 0.4) is 0 Å². The molecule has 0 saturated heterocycles. The lowest BCUT2D eigenvalue weighted by Crippen LogP contribution is -1.88. The minimum absolute atomic E-state index is 0.0562. The van der Waals surface area contributed by atoms with Crippen molar-refractivity contribution in [2.24, 2.45) is 0 Å². The van der Waals surface area contributed by atoms with E-state index in [1.807, 2.05) is 13.0 Å². The highest BCUT2D eigenvalue weighted by atomic mass is 16.5. The molecule has 2 aromatic carbocycles. The van der Waals surface area contributed by atoms with Crippen molar-refractivity contribution in [2.45, 2.75) is 6.92 Å². The number of carbonyl (C=O) groups is 2. The predicted octanol–water partition coefficient (Wildman–Crippen LogP) is 3.03. The van der Waals surface area contributed by atoms with Crippen LogP contribution >= 0.6 is 0 Å². The third-order valence-electron chi connectivity index (χ3n) is 2.97. The average Bonchev–Trinajstić information content (AvgIpc) is 2.55. The fourth-order valence-electron chi connectivity index (χ4n) is 1.66. The number of ether oxygens (including phenoxy) is 2. The molecule has 116 valence electrons. The molecule has 0 bridgehead atoms. The Bertz CT molecular complexity index is 592. The molecule has 22 heavy (non-hydrogen) atoms. The van der Waals surface area contributed by atoms with E-state index in [2.05, 4.69) is 0 Å². The second kappa shape index (κ2) is 8.46. The van der Waals surface area contributed by atoms with Gasteiger partial charge in [-0.05, 0) is 42.8 Å². The van der Waals surface area contributed by atoms with E-state index in [0.29, 0.717) is 17.6 Å². The van der Waals surface area contributed by atoms with Gasteiger partial charge < -0.3 is 14.6 Å². The number of aldehydes is 2. The topological polar surface area (TPSA) is 72.8 Å². The van der Waals surface area contributed by atoms with Gasteiger partial charge >= 0.3 is 0 Å². The lowest BCUT2D eigenvalue weighted by molar-refractivity contribution is 0.111. The summed E-state index contributed by atoms with van der Waals surface area (Å²) in [6.07, 6.45) is 1.43. The third kappa shape index (κ3) is 4.63. The lowest BCUT2D eigenvalue weighted by atomic mass is 10.1. The van der Waals surface area contributed by atoms with E-state index in [4.69, 9.17) is 14.6 Å². The van der Waals surface area contributed by atoms with Gasteiger partial charge in [0, 0.05) is 11.6 Å². The zero-order chi connectivity index (χ0) is 16.5. The van der Waals surface area contributed by atoms with Gasteiger partial charge in [0.2, 0.25) is 0 Å². The molecule has 0 atom stereocenters. The molecule has 5 nitrogen and oxygen atoms in total. The molecule has 0 heterocycles. The summed E-state index contributed by atoms with van der Waals surface area (Å²) in [7, 11) is 3.10. The Kier molecular flexibility index (Phi) is 6.63. The summed E-state index contributed by atoms with van der Waals surface area (Å²) in [5, 5.41) is 9.11. The van der Waals surface area contributed by atoms with Crippen LogP contribution in [0.25, 0.3) is 0 Å². The molecule has 2 rings (SSSR count). The van der Waals surface area contributed by atoms with Crippen LogP contribution in [0.15, 0.2) is 36.4 Å². The van der Waals surface area contributed by atoms with Crippen LogP contribution in [-0.4, -0.2) is 31.9 Å². The molecular weight excluding hydrogens is 284 g/mol. The fraction of sp³-hybridized carbons (Fsp3) is 0.176. The molecule has 0 aliphatic carbocycles. The Morgan fingerprint density at radius 2 is 1.36 bits per heavy atom. The Balaban J connectivity index is 0.000000220. The average molecular weight is 302 g/mol. The predicted molar refractivity (Wildman–Crippen MR) is 83.2 cm³/mol. The molecule has 0 radical (unpaired) electrons. The second-order valence-electron chi connectivity index (χ2n) is 4.38. The van der Waals surface area contributed by atoms with E-state index < -0.39 is 0 Å². The number of benzene rings is 2. The molecule has 0 amide bonds. The number of aromatic hydroxyl groups is 1. The molecule has 0 fully saturated rings. The SMILES string of the molecule is COc1ccc(C=O)c(C)c1.COc1ccc(C=O)c(O)c1. The van der Waals surface area contributed by atoms with Gasteiger partial charge in [-0.1, -0.05) is 0 Å². The summed E-state index contributed by atoms with van der Waals surface area (Å²) < 4.78 is 9.80. The number of phenols is 1. The number of hydrogen-bond donors (Lipinski definition) is 1. The highest BCUT2D eigenvalue weighted by molar-refractivity contribution is 5.79. The first kappa shape index (κ1) is 17.2. The number of carbonyl (C=O) groups excluding carboxylic acids is 2. The van der Waals surface area contributed by atoms with Gasteiger partial charge in [-0.25, -0.2) is 0 Å². The van der Waals surface area contributed by atoms with Crippen molar-refractivity contribution < 1.29 is 24.2 Å². The van der Waals surface area contributed by atoms with E-state index in [9.17, 15) is 9.59 Å². The van der Waals surface area contributed by atoms with Crippen molar-refractivity contribution in [1.82, 2.24) is 0 Å². The number of phenolic OH excluding ortho intramolecular Hbond substituents is 1. The zero-order valence-electron chi connectivity index (χ0n) is 12.7. The van der Waals surface area contributed by atoms with Gasteiger partial charge in [0.1, 0.15) is 23.5 Å². The third-order valence-corrected chi connectivity index (χ3v) is 2.97. The molecular formula is C17H18O5. The number of rotatable bonds is 4. The molecule has 0 unspecified atom stereocenters. The Labute approximate surface area is 129 Å². The van der Waals surface area contributed by atoms with Crippen LogP contribution < -0.4 is 9.47 Å². The molecule has 0 aliphatic rings. The summed E-state index contributed by atoms with van der Waals surface area (Å²) in [5.74, 6) is 1.26. The summed E-state index contributed by atoms with van der Waals surface area (Å²) in [6.45, 7) is 1.88. The molecule has 5 heteroatoms. The van der Waals surface area contributed by atoms with Crippen LogP contribution in [-0.2, 0) is 0 Å². The highest BCUT2D eigenvalue weighted by Gasteiger charge is 2.00. The van der Waals surface area contributed by atoms with Gasteiger partial charge in [-0.2, -0.15) is 0 Å². The van der Waals surface area contributed by atoms with Gasteiger partial charge in [-0.15, -0.1) is 0 Å². The van der Waals surface area contributed by atoms with Crippen LogP contribution in [0.5, 0.6) is 17.2 Å². The van der Waals surface area contributed by atoms with Crippen molar-refractivity contribution in [3.63, 3.8) is 0 Å². The minimum Gasteiger partial charge on any atom is -0.507 e. The minimum atomic E-state index is -0.0562. The first-order valence-electron chi connectivity index (χ1n) is 6.47. The summed E-state index contributed by atoms with van der Waals surface area (Å²) in [5.41, 5.74) is 1.93. The van der Waals surface area contributed by atoms with Crippen molar-refractivity contribution >= 4 is 12.6 Å². The van der Waals surface area contributed by atoms with Crippen LogP contribution in [0.4, 0.5) is 0 Å². The molecule has 0 aliphatic heterocycles. The first-order chi connectivity index (χ1) is 10.5. The van der Waals surface area contributed by atoms with E-state index in [-0.39, 0.29) is 11.3 Å². The van der Waals surface area contributed by atoms with Gasteiger partial charge in [0.15, 0.2) is 6.29 Å². The number of methoxy groups -OCH3 is 2. The molecule has 0 aromatic heterocycles. The van der Waals surface area contributed by atoms with Crippen LogP contribution in [0.2, 0.25) is 0 Å². The van der Waals surface area contributed by atoms with E-state index in [0.717, 1.165) is 17.6 Å². The Morgan fingerprint density at radius 1 is 0.864 bits per heavy atom. The van der Waals surface area contributed by atoms with Gasteiger partial charge in [0.05, 0.1) is 19.8 Å². The largest absolute Gasteiger partial charge is 0.507 e. The molecule has 0 spiro atoms. The molecule has 0 saturated carbocycles. The Hall–Kier alpha value is -2.82. The maximum atomic E-state index is 10.4. The van der Waals surface area contributed by atoms with Crippen LogP contribution in [0, 0.1) is 6.92 Å². The lowest BCUT2D eigenvalue weighted by Gasteiger charge is -2.01. The maximum absolute atomic E-state index is 10.4. The Morgan fingerprint density at radius 3 is 1.77 bits per heavy atom. The summed E-state index contributed by atoms with van der Waals surface area (Å²) >= 11 is 0. The van der Waals surface area contributed by atoms with E-state index in [1.54, 1.807) is 25.3 Å². The fourth-order valence-corrected chi connectivity index (χ4v) is 1.66. The van der Waals surface area contributed by atoms with Crippen molar-refractivity contribution in [1.29, 1.82) is 0 Å². The smallest absolute Gasteiger partial charge is 0.153 e. The standard InChI is InChI=1S/C9H10O2.C8H8O3/c1-7-5-9(11-2)4-3-8(7)6-10;1-11-7-3-2-6(5-9)8(10)4-7/h3-6H,1-2H3;2-5,10H,1H3. The van der Waals surface area contributed by atoms with Crippen molar-refractivity contribution in [3.8, 4) is 17.2 Å². The van der Waals surface area contributed by atoms with Crippen LogP contribution in [0.1, 0.15) is 26.3 Å². The normalized spacial score (nSPS) is 9.23. The monoisotopic (exact) mass is 302 g/mol. The van der Waals surface area contributed by atoms with Gasteiger partial charge in [0.25, 0.3) is 0 Å². The van der Waals surface area contributed by atoms with Gasteiger partial charge in [-0.3, -0.25) is 9.59 Å². The highest BCUT2D eigenvalue weighted by Crippen LogP contribution is 2.21. The van der Waals surface area contributed by atoms with Crippen molar-refractivity contribution in [2.75, 3.05) is 14.2 Å². The second-order valence-corrected chi connectivity index (χ2v) is 4.38. The summed E-state index contributed by atoms with van der Waals surface area (Å²) in [6, 6.07) is 9.87. The van der Waals surface area contributed by atoms with Crippen molar-refractivity contribution in [3.05, 3.63) is 53.1 Å².